The van der Waals surface area contributed by atoms with Gasteiger partial charge in [-0.3, -0.25) is 9.59 Å². The lowest BCUT2D eigenvalue weighted by Crippen LogP contribution is -2.44. The molecule has 0 fully saturated rings. The van der Waals surface area contributed by atoms with Gasteiger partial charge >= 0.3 is 0 Å². The molecule has 6 heteroatoms. The molecule has 1 aromatic heterocycles. The molecule has 2 aromatic rings. The zero-order valence-corrected chi connectivity index (χ0v) is 14.2. The Bertz CT molecular complexity index is 682. The van der Waals surface area contributed by atoms with Gasteiger partial charge in [-0.25, -0.2) is 0 Å². The second-order valence-corrected chi connectivity index (χ2v) is 6.02. The number of carbonyl (C=O) groups is 2. The summed E-state index contributed by atoms with van der Waals surface area (Å²) in [4.78, 5) is 25.6. The number of likely N-dealkylation sites (N-methyl/N-ethyl adjacent to an activating group) is 1. The van der Waals surface area contributed by atoms with Crippen molar-refractivity contribution in [2.45, 2.75) is 19.9 Å². The van der Waals surface area contributed by atoms with Crippen LogP contribution in [0.15, 0.2) is 36.4 Å². The van der Waals surface area contributed by atoms with Crippen molar-refractivity contribution in [3.63, 3.8) is 0 Å². The van der Waals surface area contributed by atoms with Crippen molar-refractivity contribution < 1.29 is 14.3 Å². The highest BCUT2D eigenvalue weighted by molar-refractivity contribution is 7.17. The molecule has 5 nitrogen and oxygen atoms in total. The average molecular weight is 332 g/mol. The largest absolute Gasteiger partial charge is 0.495 e. The first-order chi connectivity index (χ1) is 11.1. The minimum atomic E-state index is -0.602. The number of methoxy groups -OCH3 is 1. The van der Waals surface area contributed by atoms with Crippen LogP contribution in [0.4, 0.5) is 0 Å². The smallest absolute Gasteiger partial charge is 0.265 e. The second kappa shape index (κ2) is 7.78. The molecule has 1 atom stereocenters. The summed E-state index contributed by atoms with van der Waals surface area (Å²) in [7, 11) is 1.53. The minimum absolute atomic E-state index is 0.209. The number of thiophene rings is 1. The van der Waals surface area contributed by atoms with Gasteiger partial charge in [0.1, 0.15) is 16.7 Å². The number of ether oxygens (including phenoxy) is 1. The Kier molecular flexibility index (Phi) is 5.76. The van der Waals surface area contributed by atoms with Gasteiger partial charge in [-0.1, -0.05) is 30.3 Å². The molecule has 0 bridgehead atoms. The van der Waals surface area contributed by atoms with Gasteiger partial charge in [0.15, 0.2) is 0 Å². The van der Waals surface area contributed by atoms with Gasteiger partial charge in [-0.05, 0) is 25.5 Å². The zero-order valence-electron chi connectivity index (χ0n) is 13.4. The van der Waals surface area contributed by atoms with Gasteiger partial charge in [0.25, 0.3) is 5.91 Å². The molecule has 23 heavy (non-hydrogen) atoms. The van der Waals surface area contributed by atoms with Crippen LogP contribution in [0.3, 0.4) is 0 Å². The lowest BCUT2D eigenvalue weighted by atomic mass is 10.2. The Morgan fingerprint density at radius 1 is 1.26 bits per heavy atom. The number of benzene rings is 1. The topological polar surface area (TPSA) is 67.4 Å². The van der Waals surface area contributed by atoms with Crippen LogP contribution in [-0.2, 0) is 4.79 Å². The lowest BCUT2D eigenvalue weighted by Gasteiger charge is -2.13. The van der Waals surface area contributed by atoms with E-state index < -0.39 is 6.04 Å². The van der Waals surface area contributed by atoms with E-state index in [0.29, 0.717) is 17.2 Å². The summed E-state index contributed by atoms with van der Waals surface area (Å²) in [5.74, 6) is -0.0121. The fourth-order valence-electron chi connectivity index (χ4n) is 2.08. The first-order valence-corrected chi connectivity index (χ1v) is 8.20. The van der Waals surface area contributed by atoms with Crippen molar-refractivity contribution in [3.05, 3.63) is 41.3 Å². The number of nitrogens with one attached hydrogen (secondary N) is 2. The molecule has 122 valence electrons. The Hall–Kier alpha value is -2.34. The molecule has 0 saturated carbocycles. The van der Waals surface area contributed by atoms with Crippen LogP contribution < -0.4 is 15.4 Å². The van der Waals surface area contributed by atoms with E-state index in [9.17, 15) is 9.59 Å². The van der Waals surface area contributed by atoms with Crippen molar-refractivity contribution >= 4 is 23.2 Å². The van der Waals surface area contributed by atoms with Crippen LogP contribution in [0.5, 0.6) is 5.75 Å². The van der Waals surface area contributed by atoms with E-state index in [4.69, 9.17) is 4.74 Å². The molecule has 0 spiro atoms. The molecule has 0 saturated heterocycles. The first-order valence-electron chi connectivity index (χ1n) is 7.38. The normalized spacial score (nSPS) is 11.6. The first kappa shape index (κ1) is 17.0. The third kappa shape index (κ3) is 4.10. The van der Waals surface area contributed by atoms with E-state index in [1.165, 1.54) is 18.4 Å². The van der Waals surface area contributed by atoms with Crippen LogP contribution in [0.1, 0.15) is 23.5 Å². The molecular weight excluding hydrogens is 312 g/mol. The Balaban J connectivity index is 2.20. The van der Waals surface area contributed by atoms with E-state index in [1.54, 1.807) is 6.92 Å². The molecule has 2 amide bonds. The molecule has 0 aliphatic rings. The Morgan fingerprint density at radius 3 is 2.57 bits per heavy atom. The maximum Gasteiger partial charge on any atom is 0.265 e. The van der Waals surface area contributed by atoms with Gasteiger partial charge < -0.3 is 15.4 Å². The number of hydrogen-bond donors (Lipinski definition) is 2. The van der Waals surface area contributed by atoms with E-state index in [0.717, 1.165) is 10.4 Å². The summed E-state index contributed by atoms with van der Waals surface area (Å²) < 4.78 is 5.31. The molecule has 0 unspecified atom stereocenters. The third-order valence-corrected chi connectivity index (χ3v) is 4.44. The van der Waals surface area contributed by atoms with E-state index in [2.05, 4.69) is 10.6 Å². The monoisotopic (exact) mass is 332 g/mol. The fraction of sp³-hybridized carbons (Fsp3) is 0.294. The van der Waals surface area contributed by atoms with Crippen molar-refractivity contribution in [3.8, 4) is 16.2 Å². The zero-order chi connectivity index (χ0) is 16.8. The van der Waals surface area contributed by atoms with Gasteiger partial charge in [0.2, 0.25) is 5.91 Å². The fourth-order valence-corrected chi connectivity index (χ4v) is 3.12. The predicted molar refractivity (Wildman–Crippen MR) is 91.9 cm³/mol. The molecule has 2 rings (SSSR count). The van der Waals surface area contributed by atoms with E-state index in [-0.39, 0.29) is 11.8 Å². The molecular formula is C17H20N2O3S. The van der Waals surface area contributed by atoms with Crippen LogP contribution in [0.25, 0.3) is 10.4 Å². The maximum absolute atomic E-state index is 12.4. The van der Waals surface area contributed by atoms with Crippen molar-refractivity contribution in [1.82, 2.24) is 10.6 Å². The summed E-state index contributed by atoms with van der Waals surface area (Å²) in [5, 5.41) is 5.38. The highest BCUT2D eigenvalue weighted by atomic mass is 32.1. The standard InChI is InChI=1S/C17H20N2O3S/c1-4-18-16(20)11(2)19-17(21)15-13(22-3)10-14(23-15)12-8-6-5-7-9-12/h5-11H,4H2,1-3H3,(H,18,20)(H,19,21)/t11-/m1/s1. The Morgan fingerprint density at radius 2 is 1.96 bits per heavy atom. The van der Waals surface area contributed by atoms with Crippen LogP contribution in [0, 0.1) is 0 Å². The molecule has 0 radical (unpaired) electrons. The van der Waals surface area contributed by atoms with Gasteiger partial charge in [-0.2, -0.15) is 0 Å². The summed E-state index contributed by atoms with van der Waals surface area (Å²) in [6.07, 6.45) is 0. The SMILES string of the molecule is CCNC(=O)[C@@H](C)NC(=O)c1sc(-c2ccccc2)cc1OC. The minimum Gasteiger partial charge on any atom is -0.495 e. The number of rotatable bonds is 6. The third-order valence-electron chi connectivity index (χ3n) is 3.27. The molecule has 1 heterocycles. The lowest BCUT2D eigenvalue weighted by molar-refractivity contribution is -0.122. The predicted octanol–water partition coefficient (Wildman–Crippen LogP) is 2.68. The quantitative estimate of drug-likeness (QED) is 0.854. The molecule has 0 aliphatic carbocycles. The summed E-state index contributed by atoms with van der Waals surface area (Å²) in [6.45, 7) is 4.02. The highest BCUT2D eigenvalue weighted by Gasteiger charge is 2.21. The van der Waals surface area contributed by atoms with E-state index >= 15 is 0 Å². The molecule has 1 aromatic carbocycles. The second-order valence-electron chi connectivity index (χ2n) is 4.96. The average Bonchev–Trinajstić information content (AvgIpc) is 3.00. The summed E-state index contributed by atoms with van der Waals surface area (Å²) in [5.41, 5.74) is 1.02. The van der Waals surface area contributed by atoms with Crippen LogP contribution >= 0.6 is 11.3 Å². The maximum atomic E-state index is 12.4. The summed E-state index contributed by atoms with van der Waals surface area (Å²) in [6, 6.07) is 11.0. The van der Waals surface area contributed by atoms with Crippen molar-refractivity contribution in [2.75, 3.05) is 13.7 Å². The van der Waals surface area contributed by atoms with Crippen LogP contribution in [0.2, 0.25) is 0 Å². The number of amides is 2. The van der Waals surface area contributed by atoms with Crippen molar-refractivity contribution in [1.29, 1.82) is 0 Å². The molecule has 0 aliphatic heterocycles. The van der Waals surface area contributed by atoms with Crippen LogP contribution in [-0.4, -0.2) is 31.5 Å². The highest BCUT2D eigenvalue weighted by Crippen LogP contribution is 2.36. The molecule has 2 N–H and O–H groups in total. The summed E-state index contributed by atoms with van der Waals surface area (Å²) >= 11 is 1.34. The number of hydrogen-bond acceptors (Lipinski definition) is 4. The Labute approximate surface area is 139 Å². The number of carbonyl (C=O) groups excluding carboxylic acids is 2. The van der Waals surface area contributed by atoms with Crippen molar-refractivity contribution in [2.24, 2.45) is 0 Å². The van der Waals surface area contributed by atoms with Gasteiger partial charge in [0, 0.05) is 11.4 Å². The van der Waals surface area contributed by atoms with Gasteiger partial charge in [0.05, 0.1) is 7.11 Å². The van der Waals surface area contributed by atoms with Gasteiger partial charge in [-0.15, -0.1) is 11.3 Å². The van der Waals surface area contributed by atoms with E-state index in [1.807, 2.05) is 43.3 Å².